The predicted molar refractivity (Wildman–Crippen MR) is 95.5 cm³/mol. The van der Waals surface area contributed by atoms with E-state index in [0.717, 1.165) is 24.6 Å². The second kappa shape index (κ2) is 7.27. The molecule has 0 fully saturated rings. The number of benzene rings is 1. The van der Waals surface area contributed by atoms with Crippen molar-refractivity contribution >= 4 is 17.4 Å². The maximum atomic E-state index is 12.0. The molecule has 0 unspecified atom stereocenters. The van der Waals surface area contributed by atoms with Crippen LogP contribution in [-0.2, 0) is 11.3 Å². The first-order valence-corrected chi connectivity index (χ1v) is 7.96. The standard InChI is InChI=1S/C19H25N3O/c1-5-22(14-15-9-7-6-8-10-15)17-12-11-16(13-20-17)21-18(23)19(2,3)4/h6-13H,5,14H2,1-4H3,(H,21,23). The van der Waals surface area contributed by atoms with Crippen molar-refractivity contribution in [2.45, 2.75) is 34.2 Å². The number of nitrogens with one attached hydrogen (secondary N) is 1. The van der Waals surface area contributed by atoms with Crippen molar-refractivity contribution in [1.82, 2.24) is 4.98 Å². The number of anilines is 2. The van der Waals surface area contributed by atoms with Crippen molar-refractivity contribution in [2.24, 2.45) is 5.41 Å². The molecule has 0 atom stereocenters. The number of nitrogens with zero attached hydrogens (tertiary/aromatic N) is 2. The van der Waals surface area contributed by atoms with Gasteiger partial charge in [-0.1, -0.05) is 51.1 Å². The fraction of sp³-hybridized carbons (Fsp3) is 0.368. The highest BCUT2D eigenvalue weighted by Crippen LogP contribution is 2.20. The zero-order valence-corrected chi connectivity index (χ0v) is 14.3. The van der Waals surface area contributed by atoms with Crippen molar-refractivity contribution in [2.75, 3.05) is 16.8 Å². The molecule has 4 heteroatoms. The lowest BCUT2D eigenvalue weighted by molar-refractivity contribution is -0.123. The highest BCUT2D eigenvalue weighted by atomic mass is 16.2. The number of amides is 1. The highest BCUT2D eigenvalue weighted by Gasteiger charge is 2.21. The summed E-state index contributed by atoms with van der Waals surface area (Å²) in [6.07, 6.45) is 1.71. The van der Waals surface area contributed by atoms with Crippen LogP contribution in [0.3, 0.4) is 0 Å². The van der Waals surface area contributed by atoms with Gasteiger partial charge >= 0.3 is 0 Å². The molecular weight excluding hydrogens is 286 g/mol. The molecule has 2 rings (SSSR count). The van der Waals surface area contributed by atoms with Gasteiger partial charge in [0.25, 0.3) is 0 Å². The van der Waals surface area contributed by atoms with Gasteiger partial charge in [-0.2, -0.15) is 0 Å². The van der Waals surface area contributed by atoms with Crippen LogP contribution in [0.4, 0.5) is 11.5 Å². The van der Waals surface area contributed by atoms with Gasteiger partial charge in [0.2, 0.25) is 5.91 Å². The fourth-order valence-corrected chi connectivity index (χ4v) is 2.12. The van der Waals surface area contributed by atoms with E-state index in [-0.39, 0.29) is 5.91 Å². The Balaban J connectivity index is 2.06. The normalized spacial score (nSPS) is 11.1. The van der Waals surface area contributed by atoms with Crippen molar-refractivity contribution in [3.63, 3.8) is 0 Å². The number of hydrogen-bond acceptors (Lipinski definition) is 3. The summed E-state index contributed by atoms with van der Waals surface area (Å²) in [5.74, 6) is 0.897. The molecule has 0 spiro atoms. The van der Waals surface area contributed by atoms with E-state index in [1.165, 1.54) is 5.56 Å². The van der Waals surface area contributed by atoms with Crippen molar-refractivity contribution < 1.29 is 4.79 Å². The van der Waals surface area contributed by atoms with Crippen LogP contribution < -0.4 is 10.2 Å². The molecule has 0 saturated heterocycles. The van der Waals surface area contributed by atoms with Gasteiger partial charge in [-0.15, -0.1) is 0 Å². The Hall–Kier alpha value is -2.36. The average Bonchev–Trinajstić information content (AvgIpc) is 2.53. The smallest absolute Gasteiger partial charge is 0.229 e. The summed E-state index contributed by atoms with van der Waals surface area (Å²) in [5.41, 5.74) is 1.56. The molecule has 0 aliphatic carbocycles. The quantitative estimate of drug-likeness (QED) is 0.904. The molecule has 1 amide bonds. The third kappa shape index (κ3) is 4.81. The molecule has 122 valence electrons. The van der Waals surface area contributed by atoms with Crippen molar-refractivity contribution in [1.29, 1.82) is 0 Å². The highest BCUT2D eigenvalue weighted by molar-refractivity contribution is 5.94. The largest absolute Gasteiger partial charge is 0.353 e. The van der Waals surface area contributed by atoms with Crippen molar-refractivity contribution in [3.05, 3.63) is 54.2 Å². The number of carbonyl (C=O) groups excluding carboxylic acids is 1. The Morgan fingerprint density at radius 3 is 2.35 bits per heavy atom. The third-order valence-corrected chi connectivity index (χ3v) is 3.61. The lowest BCUT2D eigenvalue weighted by atomic mass is 9.96. The summed E-state index contributed by atoms with van der Waals surface area (Å²) in [6, 6.07) is 14.2. The molecule has 2 aromatic rings. The third-order valence-electron chi connectivity index (χ3n) is 3.61. The summed E-state index contributed by atoms with van der Waals surface area (Å²) in [4.78, 5) is 18.7. The predicted octanol–water partition coefficient (Wildman–Crippen LogP) is 4.09. The molecule has 1 heterocycles. The average molecular weight is 311 g/mol. The van der Waals surface area contributed by atoms with E-state index in [1.807, 2.05) is 51.1 Å². The summed E-state index contributed by atoms with van der Waals surface area (Å²) in [6.45, 7) is 9.47. The lowest BCUT2D eigenvalue weighted by Crippen LogP contribution is -2.28. The van der Waals surface area contributed by atoms with Crippen LogP contribution >= 0.6 is 0 Å². The van der Waals surface area contributed by atoms with Crippen LogP contribution in [0.15, 0.2) is 48.7 Å². The molecule has 0 aliphatic rings. The van der Waals surface area contributed by atoms with Gasteiger partial charge in [0, 0.05) is 18.5 Å². The molecule has 1 aromatic heterocycles. The summed E-state index contributed by atoms with van der Waals surface area (Å²) < 4.78 is 0. The Morgan fingerprint density at radius 2 is 1.83 bits per heavy atom. The Kier molecular flexibility index (Phi) is 5.37. The minimum Gasteiger partial charge on any atom is -0.353 e. The van der Waals surface area contributed by atoms with Gasteiger partial charge < -0.3 is 10.2 Å². The molecular formula is C19H25N3O. The van der Waals surface area contributed by atoms with Crippen LogP contribution in [0, 0.1) is 5.41 Å². The van der Waals surface area contributed by atoms with Crippen LogP contribution in [0.25, 0.3) is 0 Å². The second-order valence-corrected chi connectivity index (χ2v) is 6.61. The van der Waals surface area contributed by atoms with E-state index in [0.29, 0.717) is 0 Å². The first-order valence-electron chi connectivity index (χ1n) is 7.96. The van der Waals surface area contributed by atoms with Crippen LogP contribution in [0.5, 0.6) is 0 Å². The fourth-order valence-electron chi connectivity index (χ4n) is 2.12. The van der Waals surface area contributed by atoms with Gasteiger partial charge in [0.1, 0.15) is 5.82 Å². The van der Waals surface area contributed by atoms with E-state index >= 15 is 0 Å². The minimum absolute atomic E-state index is 0.0105. The second-order valence-electron chi connectivity index (χ2n) is 6.61. The maximum absolute atomic E-state index is 12.0. The Morgan fingerprint density at radius 1 is 1.13 bits per heavy atom. The van der Waals surface area contributed by atoms with E-state index < -0.39 is 5.41 Å². The first kappa shape index (κ1) is 17.0. The van der Waals surface area contributed by atoms with E-state index in [9.17, 15) is 4.79 Å². The first-order chi connectivity index (χ1) is 10.9. The van der Waals surface area contributed by atoms with Gasteiger partial charge in [-0.05, 0) is 24.6 Å². The number of pyridine rings is 1. The summed E-state index contributed by atoms with van der Waals surface area (Å²) in [5, 5.41) is 2.90. The number of aromatic nitrogens is 1. The minimum atomic E-state index is -0.415. The Labute approximate surface area is 138 Å². The molecule has 1 N–H and O–H groups in total. The molecule has 1 aromatic carbocycles. The molecule has 23 heavy (non-hydrogen) atoms. The van der Waals surface area contributed by atoms with Gasteiger partial charge in [-0.3, -0.25) is 4.79 Å². The summed E-state index contributed by atoms with van der Waals surface area (Å²) >= 11 is 0. The van der Waals surface area contributed by atoms with Gasteiger partial charge in [0.15, 0.2) is 0 Å². The van der Waals surface area contributed by atoms with Crippen LogP contribution in [0.1, 0.15) is 33.3 Å². The number of hydrogen-bond donors (Lipinski definition) is 1. The molecule has 4 nitrogen and oxygen atoms in total. The number of carbonyl (C=O) groups is 1. The van der Waals surface area contributed by atoms with Crippen molar-refractivity contribution in [3.8, 4) is 0 Å². The zero-order chi connectivity index (χ0) is 16.9. The molecule has 0 aliphatic heterocycles. The van der Waals surface area contributed by atoms with E-state index in [2.05, 4.69) is 34.3 Å². The monoisotopic (exact) mass is 311 g/mol. The molecule has 0 saturated carbocycles. The molecule has 0 radical (unpaired) electrons. The zero-order valence-electron chi connectivity index (χ0n) is 14.3. The summed E-state index contributed by atoms with van der Waals surface area (Å²) in [7, 11) is 0. The van der Waals surface area contributed by atoms with E-state index in [4.69, 9.17) is 0 Å². The molecule has 0 bridgehead atoms. The maximum Gasteiger partial charge on any atom is 0.229 e. The topological polar surface area (TPSA) is 45.2 Å². The van der Waals surface area contributed by atoms with Crippen LogP contribution in [-0.4, -0.2) is 17.4 Å². The lowest BCUT2D eigenvalue weighted by Gasteiger charge is -2.22. The van der Waals surface area contributed by atoms with Crippen LogP contribution in [0.2, 0.25) is 0 Å². The van der Waals surface area contributed by atoms with Gasteiger partial charge in [-0.25, -0.2) is 4.98 Å². The van der Waals surface area contributed by atoms with E-state index in [1.54, 1.807) is 6.20 Å². The van der Waals surface area contributed by atoms with Gasteiger partial charge in [0.05, 0.1) is 11.9 Å². The number of rotatable bonds is 5. The Bertz CT molecular complexity index is 630. The SMILES string of the molecule is CCN(Cc1ccccc1)c1ccc(NC(=O)C(C)(C)C)cn1.